The number of ether oxygens (including phenoxy) is 1. The number of carbonyl (C=O) groups excluding carboxylic acids is 1. The Morgan fingerprint density at radius 2 is 2.00 bits per heavy atom. The average Bonchev–Trinajstić information content (AvgIpc) is 3.51. The molecule has 1 amide bonds. The average molecular weight is 515 g/mol. The van der Waals surface area contributed by atoms with Crippen LogP contribution in [0.5, 0.6) is 5.88 Å². The van der Waals surface area contributed by atoms with Crippen LogP contribution in [-0.2, 0) is 7.05 Å². The van der Waals surface area contributed by atoms with E-state index in [0.717, 1.165) is 18.5 Å². The quantitative estimate of drug-likeness (QED) is 0.436. The second-order valence-electron chi connectivity index (χ2n) is 9.79. The summed E-state index contributed by atoms with van der Waals surface area (Å²) in [5.41, 5.74) is 0.827. The number of nitrogens with one attached hydrogen (secondary N) is 2. The highest BCUT2D eigenvalue weighted by atomic mass is 35.5. The second-order valence-corrected chi connectivity index (χ2v) is 10.2. The Labute approximate surface area is 213 Å². The fourth-order valence-corrected chi connectivity index (χ4v) is 5.91. The van der Waals surface area contributed by atoms with Gasteiger partial charge in [-0.05, 0) is 55.7 Å². The normalized spacial score (nSPS) is 25.0. The molecule has 2 aliphatic rings. The Morgan fingerprint density at radius 3 is 2.69 bits per heavy atom. The molecule has 3 aromatic rings. The SMILES string of the molecule is COc1cc(NCC2(O)CC3CC(c4ncn(C)c4C(=O)Nc4ccc(F)c(Cl)c4)CC3C2)ncn1. The van der Waals surface area contributed by atoms with Crippen LogP contribution in [0.15, 0.2) is 36.9 Å². The molecule has 2 saturated carbocycles. The number of aromatic nitrogens is 4. The van der Waals surface area contributed by atoms with Crippen LogP contribution >= 0.6 is 11.6 Å². The minimum absolute atomic E-state index is 0.0533. The molecule has 2 heterocycles. The zero-order valence-corrected chi connectivity index (χ0v) is 20.8. The van der Waals surface area contributed by atoms with Crippen molar-refractivity contribution in [1.82, 2.24) is 19.5 Å². The summed E-state index contributed by atoms with van der Waals surface area (Å²) in [5.74, 6) is 1.03. The molecular weight excluding hydrogens is 487 g/mol. The number of imidazole rings is 1. The summed E-state index contributed by atoms with van der Waals surface area (Å²) < 4.78 is 20.3. The molecule has 1 aromatic carbocycles. The molecular formula is C25H28ClFN6O3. The number of halogens is 2. The van der Waals surface area contributed by atoms with Crippen molar-refractivity contribution in [2.45, 2.75) is 37.2 Å². The first-order valence-corrected chi connectivity index (χ1v) is 12.2. The van der Waals surface area contributed by atoms with Gasteiger partial charge in [0.2, 0.25) is 5.88 Å². The molecule has 0 aliphatic heterocycles. The summed E-state index contributed by atoms with van der Waals surface area (Å²) in [7, 11) is 3.33. The van der Waals surface area contributed by atoms with E-state index in [0.29, 0.717) is 54.3 Å². The van der Waals surface area contributed by atoms with Gasteiger partial charge in [-0.15, -0.1) is 0 Å². The third kappa shape index (κ3) is 4.87. The molecule has 2 aromatic heterocycles. The molecule has 190 valence electrons. The third-order valence-electron chi connectivity index (χ3n) is 7.32. The molecule has 0 radical (unpaired) electrons. The molecule has 2 atom stereocenters. The first-order chi connectivity index (χ1) is 17.2. The predicted molar refractivity (Wildman–Crippen MR) is 133 cm³/mol. The van der Waals surface area contributed by atoms with Gasteiger partial charge in [0.05, 0.1) is 29.8 Å². The minimum Gasteiger partial charge on any atom is -0.481 e. The van der Waals surface area contributed by atoms with Crippen LogP contribution in [0, 0.1) is 17.7 Å². The van der Waals surface area contributed by atoms with E-state index in [1.54, 1.807) is 31.1 Å². The molecule has 3 N–H and O–H groups in total. The lowest BCUT2D eigenvalue weighted by Gasteiger charge is -2.25. The summed E-state index contributed by atoms with van der Waals surface area (Å²) in [5, 5.41) is 17.2. The van der Waals surface area contributed by atoms with Crippen molar-refractivity contribution in [2.75, 3.05) is 24.3 Å². The Hall–Kier alpha value is -3.24. The number of carbonyl (C=O) groups is 1. The second kappa shape index (κ2) is 9.67. The number of rotatable bonds is 7. The van der Waals surface area contributed by atoms with Crippen molar-refractivity contribution >= 4 is 29.0 Å². The highest BCUT2D eigenvalue weighted by Crippen LogP contribution is 2.54. The molecule has 5 rings (SSSR count). The predicted octanol–water partition coefficient (Wildman–Crippen LogP) is 4.01. The van der Waals surface area contributed by atoms with Gasteiger partial charge in [-0.1, -0.05) is 11.6 Å². The van der Waals surface area contributed by atoms with E-state index in [1.807, 2.05) is 0 Å². The maximum atomic E-state index is 13.5. The van der Waals surface area contributed by atoms with E-state index < -0.39 is 11.4 Å². The monoisotopic (exact) mass is 514 g/mol. The topological polar surface area (TPSA) is 114 Å². The first-order valence-electron chi connectivity index (χ1n) is 11.8. The molecule has 36 heavy (non-hydrogen) atoms. The zero-order chi connectivity index (χ0) is 25.4. The van der Waals surface area contributed by atoms with Crippen LogP contribution in [0.2, 0.25) is 5.02 Å². The van der Waals surface area contributed by atoms with E-state index in [4.69, 9.17) is 16.3 Å². The number of hydrogen-bond donors (Lipinski definition) is 3. The van der Waals surface area contributed by atoms with Gasteiger partial charge in [0, 0.05) is 31.3 Å². The number of aliphatic hydroxyl groups is 1. The molecule has 0 spiro atoms. The van der Waals surface area contributed by atoms with Gasteiger partial charge in [-0.25, -0.2) is 19.3 Å². The molecule has 2 unspecified atom stereocenters. The molecule has 9 nitrogen and oxygen atoms in total. The number of fused-ring (bicyclic) bond motifs is 1. The van der Waals surface area contributed by atoms with Crippen LogP contribution in [-0.4, -0.2) is 49.8 Å². The van der Waals surface area contributed by atoms with Gasteiger partial charge < -0.3 is 25.0 Å². The summed E-state index contributed by atoms with van der Waals surface area (Å²) in [6.07, 6.45) is 6.12. The van der Waals surface area contributed by atoms with E-state index in [1.165, 1.54) is 24.5 Å². The van der Waals surface area contributed by atoms with Gasteiger partial charge in [0.15, 0.2) is 0 Å². The lowest BCUT2D eigenvalue weighted by atomic mass is 9.92. The van der Waals surface area contributed by atoms with Crippen LogP contribution in [0.4, 0.5) is 15.9 Å². The van der Waals surface area contributed by atoms with Crippen molar-refractivity contribution in [1.29, 1.82) is 0 Å². The molecule has 2 aliphatic carbocycles. The van der Waals surface area contributed by atoms with Gasteiger partial charge in [0.25, 0.3) is 5.91 Å². The smallest absolute Gasteiger partial charge is 0.274 e. The first kappa shape index (κ1) is 24.5. The van der Waals surface area contributed by atoms with E-state index in [2.05, 4.69) is 25.6 Å². The van der Waals surface area contributed by atoms with E-state index in [9.17, 15) is 14.3 Å². The number of hydrogen-bond acceptors (Lipinski definition) is 7. The molecule has 2 fully saturated rings. The fraction of sp³-hybridized carbons (Fsp3) is 0.440. The zero-order valence-electron chi connectivity index (χ0n) is 20.0. The summed E-state index contributed by atoms with van der Waals surface area (Å²) >= 11 is 5.86. The maximum absolute atomic E-state index is 13.5. The van der Waals surface area contributed by atoms with Crippen molar-refractivity contribution < 1.29 is 19.0 Å². The van der Waals surface area contributed by atoms with Gasteiger partial charge >= 0.3 is 0 Å². The van der Waals surface area contributed by atoms with Crippen molar-refractivity contribution in [3.8, 4) is 5.88 Å². The maximum Gasteiger partial charge on any atom is 0.274 e. The van der Waals surface area contributed by atoms with Crippen molar-refractivity contribution in [3.63, 3.8) is 0 Å². The summed E-state index contributed by atoms with van der Waals surface area (Å²) in [6, 6.07) is 5.78. The van der Waals surface area contributed by atoms with E-state index >= 15 is 0 Å². The fourth-order valence-electron chi connectivity index (χ4n) is 5.73. The Bertz CT molecular complexity index is 1270. The Morgan fingerprint density at radius 1 is 1.25 bits per heavy atom. The number of methoxy groups -OCH3 is 1. The number of aryl methyl sites for hydroxylation is 1. The lowest BCUT2D eigenvalue weighted by molar-refractivity contribution is 0.0514. The molecule has 11 heteroatoms. The number of amides is 1. The largest absolute Gasteiger partial charge is 0.481 e. The summed E-state index contributed by atoms with van der Waals surface area (Å²) in [4.78, 5) is 25.9. The minimum atomic E-state index is -0.829. The van der Waals surface area contributed by atoms with Gasteiger partial charge in [0.1, 0.15) is 23.7 Å². The number of benzene rings is 1. The molecule has 0 bridgehead atoms. The number of anilines is 2. The Balaban J connectivity index is 1.23. The Kier molecular flexibility index (Phi) is 6.57. The highest BCUT2D eigenvalue weighted by Gasteiger charge is 2.49. The highest BCUT2D eigenvalue weighted by molar-refractivity contribution is 6.31. The van der Waals surface area contributed by atoms with Crippen LogP contribution in [0.1, 0.15) is 47.8 Å². The van der Waals surface area contributed by atoms with Crippen molar-refractivity contribution in [2.24, 2.45) is 18.9 Å². The van der Waals surface area contributed by atoms with Crippen LogP contribution < -0.4 is 15.4 Å². The van der Waals surface area contributed by atoms with E-state index in [-0.39, 0.29) is 16.8 Å². The van der Waals surface area contributed by atoms with Crippen LogP contribution in [0.25, 0.3) is 0 Å². The lowest BCUT2D eigenvalue weighted by Crippen LogP contribution is -2.35. The van der Waals surface area contributed by atoms with Gasteiger partial charge in [-0.3, -0.25) is 4.79 Å². The van der Waals surface area contributed by atoms with Crippen molar-refractivity contribution in [3.05, 3.63) is 59.1 Å². The third-order valence-corrected chi connectivity index (χ3v) is 7.61. The summed E-state index contributed by atoms with van der Waals surface area (Å²) in [6.45, 7) is 0.391. The van der Waals surface area contributed by atoms with Crippen LogP contribution in [0.3, 0.4) is 0 Å². The standard InChI is InChI=1S/C25H28ClFN6O3/c1-33-13-31-22(23(33)24(34)32-17-3-4-19(27)18(26)7-17)14-5-15-9-25(35,10-16(15)6-14)11-28-20-8-21(36-2)30-12-29-20/h3-4,7-8,12-16,35H,5-6,9-11H2,1-2H3,(H,32,34)(H,28,29,30). The van der Waals surface area contributed by atoms with Gasteiger partial charge in [-0.2, -0.15) is 0 Å². The number of nitrogens with zero attached hydrogens (tertiary/aromatic N) is 4. The molecule has 0 saturated heterocycles.